The standard InChI is InChI=1S/C20H16N2/c1-13-4-3-5-15(10-13)20-18-7-6-16-12-22-14(2)11-19(16)17(18)8-9-21-20/h3-12H,1-2H3. The Balaban J connectivity index is 2.09. The molecule has 2 nitrogen and oxygen atoms in total. The van der Waals surface area contributed by atoms with E-state index in [1.165, 1.54) is 27.1 Å². The van der Waals surface area contributed by atoms with E-state index < -0.39 is 0 Å². The summed E-state index contributed by atoms with van der Waals surface area (Å²) in [5, 5.41) is 4.82. The number of hydrogen-bond donors (Lipinski definition) is 0. The monoisotopic (exact) mass is 284 g/mol. The zero-order chi connectivity index (χ0) is 15.1. The average molecular weight is 284 g/mol. The Kier molecular flexibility index (Phi) is 2.90. The largest absolute Gasteiger partial charge is 0.261 e. The summed E-state index contributed by atoms with van der Waals surface area (Å²) in [4.78, 5) is 9.02. The zero-order valence-electron chi connectivity index (χ0n) is 12.7. The van der Waals surface area contributed by atoms with Crippen LogP contribution in [-0.2, 0) is 0 Å². The fourth-order valence-electron chi connectivity index (χ4n) is 3.01. The van der Waals surface area contributed by atoms with Gasteiger partial charge in [-0.3, -0.25) is 9.97 Å². The predicted octanol–water partition coefficient (Wildman–Crippen LogP) is 5.07. The van der Waals surface area contributed by atoms with Gasteiger partial charge in [0.1, 0.15) is 0 Å². The van der Waals surface area contributed by atoms with E-state index in [1.807, 2.05) is 19.3 Å². The summed E-state index contributed by atoms with van der Waals surface area (Å²) in [6.07, 6.45) is 3.84. The fraction of sp³-hybridized carbons (Fsp3) is 0.100. The molecule has 0 bridgehead atoms. The maximum atomic E-state index is 4.63. The highest BCUT2D eigenvalue weighted by molar-refractivity contribution is 6.11. The minimum absolute atomic E-state index is 1.04. The lowest BCUT2D eigenvalue weighted by atomic mass is 9.99. The highest BCUT2D eigenvalue weighted by atomic mass is 14.7. The second-order valence-electron chi connectivity index (χ2n) is 5.74. The van der Waals surface area contributed by atoms with Crippen LogP contribution in [0.15, 0.2) is 60.9 Å². The molecule has 4 aromatic rings. The first-order valence-electron chi connectivity index (χ1n) is 7.43. The van der Waals surface area contributed by atoms with Crippen molar-refractivity contribution < 1.29 is 0 Å². The Morgan fingerprint density at radius 3 is 2.55 bits per heavy atom. The van der Waals surface area contributed by atoms with Crippen molar-refractivity contribution >= 4 is 21.5 Å². The summed E-state index contributed by atoms with van der Waals surface area (Å²) in [6, 6.07) is 17.0. The molecule has 0 saturated carbocycles. The van der Waals surface area contributed by atoms with Crippen LogP contribution in [0.3, 0.4) is 0 Å². The number of aryl methyl sites for hydroxylation is 2. The smallest absolute Gasteiger partial charge is 0.0780 e. The van der Waals surface area contributed by atoms with Crippen LogP contribution in [0, 0.1) is 13.8 Å². The van der Waals surface area contributed by atoms with Crippen molar-refractivity contribution in [2.75, 3.05) is 0 Å². The van der Waals surface area contributed by atoms with Gasteiger partial charge in [-0.15, -0.1) is 0 Å². The first-order chi connectivity index (χ1) is 10.7. The molecule has 0 spiro atoms. The fourth-order valence-corrected chi connectivity index (χ4v) is 3.01. The van der Waals surface area contributed by atoms with E-state index in [0.29, 0.717) is 0 Å². The van der Waals surface area contributed by atoms with Crippen LogP contribution in [-0.4, -0.2) is 9.97 Å². The van der Waals surface area contributed by atoms with Crippen molar-refractivity contribution in [1.29, 1.82) is 0 Å². The lowest BCUT2D eigenvalue weighted by molar-refractivity contribution is 1.23. The molecule has 0 aliphatic rings. The van der Waals surface area contributed by atoms with E-state index in [0.717, 1.165) is 17.0 Å². The highest BCUT2D eigenvalue weighted by Gasteiger charge is 2.08. The van der Waals surface area contributed by atoms with Crippen LogP contribution in [0.4, 0.5) is 0 Å². The Hall–Kier alpha value is -2.74. The SMILES string of the molecule is Cc1cccc(-c2nccc3c2ccc2cnc(C)cc23)c1. The average Bonchev–Trinajstić information content (AvgIpc) is 2.54. The van der Waals surface area contributed by atoms with Gasteiger partial charge in [-0.25, -0.2) is 0 Å². The Morgan fingerprint density at radius 1 is 0.773 bits per heavy atom. The lowest BCUT2D eigenvalue weighted by Crippen LogP contribution is -1.89. The molecule has 0 unspecified atom stereocenters. The molecule has 0 fully saturated rings. The van der Waals surface area contributed by atoms with Gasteiger partial charge in [0.25, 0.3) is 0 Å². The van der Waals surface area contributed by atoms with Gasteiger partial charge in [0.2, 0.25) is 0 Å². The minimum atomic E-state index is 1.04. The van der Waals surface area contributed by atoms with E-state index >= 15 is 0 Å². The number of pyridine rings is 2. The van der Waals surface area contributed by atoms with Crippen molar-refractivity contribution in [2.24, 2.45) is 0 Å². The van der Waals surface area contributed by atoms with E-state index in [-0.39, 0.29) is 0 Å². The molecule has 4 rings (SSSR count). The van der Waals surface area contributed by atoms with Crippen molar-refractivity contribution in [1.82, 2.24) is 9.97 Å². The quantitative estimate of drug-likeness (QED) is 0.456. The Labute approximate surface area is 129 Å². The molecule has 106 valence electrons. The molecule has 0 amide bonds. The maximum Gasteiger partial charge on any atom is 0.0780 e. The predicted molar refractivity (Wildman–Crippen MR) is 92.0 cm³/mol. The second kappa shape index (κ2) is 4.92. The molecule has 2 heteroatoms. The second-order valence-corrected chi connectivity index (χ2v) is 5.74. The Bertz CT molecular complexity index is 1000. The Morgan fingerprint density at radius 2 is 1.68 bits per heavy atom. The van der Waals surface area contributed by atoms with Crippen molar-refractivity contribution in [3.8, 4) is 11.3 Å². The third-order valence-electron chi connectivity index (χ3n) is 4.07. The third kappa shape index (κ3) is 2.04. The van der Waals surface area contributed by atoms with E-state index in [9.17, 15) is 0 Å². The first-order valence-corrected chi connectivity index (χ1v) is 7.43. The molecule has 2 aromatic carbocycles. The van der Waals surface area contributed by atoms with Gasteiger partial charge in [0.15, 0.2) is 0 Å². The zero-order valence-corrected chi connectivity index (χ0v) is 12.7. The summed E-state index contributed by atoms with van der Waals surface area (Å²) in [5.41, 5.74) is 4.49. The molecule has 0 atom stereocenters. The van der Waals surface area contributed by atoms with Crippen LogP contribution >= 0.6 is 0 Å². The summed E-state index contributed by atoms with van der Waals surface area (Å²) in [6.45, 7) is 4.14. The van der Waals surface area contributed by atoms with Crippen LogP contribution in [0.1, 0.15) is 11.3 Å². The number of aromatic nitrogens is 2. The molecule has 22 heavy (non-hydrogen) atoms. The summed E-state index contributed by atoms with van der Waals surface area (Å²) >= 11 is 0. The first kappa shape index (κ1) is 13.0. The molecule has 0 aliphatic carbocycles. The molecule has 0 saturated heterocycles. The topological polar surface area (TPSA) is 25.8 Å². The normalized spacial score (nSPS) is 11.2. The minimum Gasteiger partial charge on any atom is -0.261 e. The third-order valence-corrected chi connectivity index (χ3v) is 4.07. The van der Waals surface area contributed by atoms with E-state index in [2.05, 4.69) is 65.4 Å². The van der Waals surface area contributed by atoms with Gasteiger partial charge in [0, 0.05) is 34.4 Å². The summed E-state index contributed by atoms with van der Waals surface area (Å²) < 4.78 is 0. The van der Waals surface area contributed by atoms with Crippen molar-refractivity contribution in [3.63, 3.8) is 0 Å². The molecular formula is C20H16N2. The maximum absolute atomic E-state index is 4.63. The van der Waals surface area contributed by atoms with Gasteiger partial charge in [-0.1, -0.05) is 35.9 Å². The molecule has 0 aliphatic heterocycles. The van der Waals surface area contributed by atoms with Crippen LogP contribution in [0.2, 0.25) is 0 Å². The summed E-state index contributed by atoms with van der Waals surface area (Å²) in [7, 11) is 0. The molecular weight excluding hydrogens is 268 g/mol. The molecule has 2 heterocycles. The van der Waals surface area contributed by atoms with Crippen LogP contribution in [0.25, 0.3) is 32.8 Å². The number of hydrogen-bond acceptors (Lipinski definition) is 2. The van der Waals surface area contributed by atoms with Crippen LogP contribution in [0.5, 0.6) is 0 Å². The van der Waals surface area contributed by atoms with Gasteiger partial charge in [-0.2, -0.15) is 0 Å². The van der Waals surface area contributed by atoms with Gasteiger partial charge < -0.3 is 0 Å². The summed E-state index contributed by atoms with van der Waals surface area (Å²) in [5.74, 6) is 0. The van der Waals surface area contributed by atoms with E-state index in [4.69, 9.17) is 0 Å². The van der Waals surface area contributed by atoms with E-state index in [1.54, 1.807) is 0 Å². The lowest BCUT2D eigenvalue weighted by Gasteiger charge is -2.09. The molecule has 0 radical (unpaired) electrons. The highest BCUT2D eigenvalue weighted by Crippen LogP contribution is 2.31. The van der Waals surface area contributed by atoms with Gasteiger partial charge in [0.05, 0.1) is 5.69 Å². The molecule has 0 N–H and O–H groups in total. The van der Waals surface area contributed by atoms with Crippen molar-refractivity contribution in [2.45, 2.75) is 13.8 Å². The number of fused-ring (bicyclic) bond motifs is 3. The van der Waals surface area contributed by atoms with Crippen molar-refractivity contribution in [3.05, 3.63) is 72.2 Å². The van der Waals surface area contributed by atoms with Gasteiger partial charge >= 0.3 is 0 Å². The van der Waals surface area contributed by atoms with Crippen LogP contribution < -0.4 is 0 Å². The number of nitrogens with zero attached hydrogens (tertiary/aromatic N) is 2. The number of benzene rings is 2. The molecule has 2 aromatic heterocycles. The van der Waals surface area contributed by atoms with Gasteiger partial charge in [-0.05, 0) is 42.8 Å². The number of rotatable bonds is 1.